The van der Waals surface area contributed by atoms with Gasteiger partial charge in [-0.05, 0) is 18.1 Å². The molecule has 0 radical (unpaired) electrons. The van der Waals surface area contributed by atoms with Crippen molar-refractivity contribution in [3.05, 3.63) is 53.7 Å². The first-order chi connectivity index (χ1) is 13.1. The first kappa shape index (κ1) is 18.8. The maximum atomic E-state index is 12.5. The first-order valence-corrected chi connectivity index (χ1v) is 9.01. The Balaban J connectivity index is 1.81. The van der Waals surface area contributed by atoms with Crippen molar-refractivity contribution in [2.75, 3.05) is 30.4 Å². The van der Waals surface area contributed by atoms with Crippen LogP contribution in [0.4, 0.5) is 11.5 Å². The fourth-order valence-electron chi connectivity index (χ4n) is 2.95. The number of ether oxygens (including phenoxy) is 1. The summed E-state index contributed by atoms with van der Waals surface area (Å²) in [5, 5.41) is 5.86. The van der Waals surface area contributed by atoms with E-state index in [1.165, 1.54) is 6.20 Å². The molecule has 1 unspecified atom stereocenters. The lowest BCUT2D eigenvalue weighted by atomic mass is 10.1. The zero-order valence-electron chi connectivity index (χ0n) is 15.6. The number of anilines is 2. The molecule has 1 atom stereocenters. The molecule has 0 spiro atoms. The minimum Gasteiger partial charge on any atom is -0.380 e. The minimum absolute atomic E-state index is 0.0302. The van der Waals surface area contributed by atoms with Crippen molar-refractivity contribution in [3.63, 3.8) is 0 Å². The lowest BCUT2D eigenvalue weighted by Crippen LogP contribution is -2.40. The number of carbonyl (C=O) groups is 2. The number of hydrogen-bond acceptors (Lipinski definition) is 5. The van der Waals surface area contributed by atoms with E-state index in [2.05, 4.69) is 15.6 Å². The second-order valence-corrected chi connectivity index (χ2v) is 6.39. The summed E-state index contributed by atoms with van der Waals surface area (Å²) < 4.78 is 5.28. The first-order valence-electron chi connectivity index (χ1n) is 9.01. The Bertz CT molecular complexity index is 806. The number of rotatable bonds is 7. The van der Waals surface area contributed by atoms with Gasteiger partial charge in [-0.1, -0.05) is 37.3 Å². The molecule has 1 aromatic carbocycles. The van der Waals surface area contributed by atoms with Gasteiger partial charge in [0.15, 0.2) is 5.82 Å². The van der Waals surface area contributed by atoms with Gasteiger partial charge in [-0.2, -0.15) is 0 Å². The van der Waals surface area contributed by atoms with E-state index in [4.69, 9.17) is 4.74 Å². The molecule has 0 saturated carbocycles. The number of amides is 2. The Morgan fingerprint density at radius 3 is 2.85 bits per heavy atom. The van der Waals surface area contributed by atoms with Crippen LogP contribution in [0.5, 0.6) is 0 Å². The van der Waals surface area contributed by atoms with Gasteiger partial charge in [-0.3, -0.25) is 9.59 Å². The summed E-state index contributed by atoms with van der Waals surface area (Å²) in [7, 11) is 1.62. The van der Waals surface area contributed by atoms with Gasteiger partial charge in [0, 0.05) is 19.9 Å². The Morgan fingerprint density at radius 1 is 1.37 bits per heavy atom. The molecule has 0 bridgehead atoms. The number of fused-ring (bicyclic) bond motifs is 1. The molecule has 142 valence electrons. The van der Waals surface area contributed by atoms with Crippen LogP contribution in [0, 0.1) is 0 Å². The molecule has 3 rings (SSSR count). The molecule has 2 N–H and O–H groups in total. The summed E-state index contributed by atoms with van der Waals surface area (Å²) in [4.78, 5) is 30.9. The fourth-order valence-corrected chi connectivity index (χ4v) is 2.95. The van der Waals surface area contributed by atoms with Crippen LogP contribution in [0.25, 0.3) is 0 Å². The molecule has 7 nitrogen and oxygen atoms in total. The Hall–Kier alpha value is -2.93. The number of carbonyl (C=O) groups excluding carboxylic acids is 2. The van der Waals surface area contributed by atoms with Crippen molar-refractivity contribution < 1.29 is 14.3 Å². The summed E-state index contributed by atoms with van der Waals surface area (Å²) in [6.07, 6.45) is 2.30. The lowest BCUT2D eigenvalue weighted by molar-refractivity contribution is -0.117. The van der Waals surface area contributed by atoms with E-state index < -0.39 is 0 Å². The Morgan fingerprint density at radius 2 is 2.15 bits per heavy atom. The highest BCUT2D eigenvalue weighted by Gasteiger charge is 2.26. The molecule has 0 saturated heterocycles. The summed E-state index contributed by atoms with van der Waals surface area (Å²) in [5.41, 5.74) is 2.04. The Kier molecular flexibility index (Phi) is 6.03. The highest BCUT2D eigenvalue weighted by molar-refractivity contribution is 6.04. The molecular weight excluding hydrogens is 344 g/mol. The average Bonchev–Trinajstić information content (AvgIpc) is 2.71. The number of pyridine rings is 1. The van der Waals surface area contributed by atoms with Gasteiger partial charge >= 0.3 is 0 Å². The molecule has 0 fully saturated rings. The zero-order chi connectivity index (χ0) is 19.2. The molecule has 1 aliphatic heterocycles. The van der Waals surface area contributed by atoms with Gasteiger partial charge in [0.2, 0.25) is 5.91 Å². The van der Waals surface area contributed by atoms with Gasteiger partial charge in [-0.15, -0.1) is 0 Å². The molecule has 1 aromatic heterocycles. The molecule has 2 heterocycles. The third-order valence-electron chi connectivity index (χ3n) is 4.59. The van der Waals surface area contributed by atoms with E-state index in [-0.39, 0.29) is 24.5 Å². The largest absolute Gasteiger partial charge is 0.380 e. The highest BCUT2D eigenvalue weighted by atomic mass is 16.5. The molecule has 1 aliphatic rings. The highest BCUT2D eigenvalue weighted by Crippen LogP contribution is 2.29. The van der Waals surface area contributed by atoms with E-state index in [9.17, 15) is 9.59 Å². The number of aromatic nitrogens is 1. The number of nitrogens with one attached hydrogen (secondary N) is 2. The summed E-state index contributed by atoms with van der Waals surface area (Å²) in [5.74, 6) is 0.306. The van der Waals surface area contributed by atoms with Crippen LogP contribution in [-0.4, -0.2) is 43.1 Å². The number of methoxy groups -OCH3 is 1. The van der Waals surface area contributed by atoms with Crippen molar-refractivity contribution in [1.82, 2.24) is 10.3 Å². The molecule has 2 amide bonds. The standard InChI is InChI=1S/C20H24N4O3/c1-3-16(27-2)11-23-20(26)15-9-17-19(21-10-15)22-12-18(25)24(17)13-14-7-5-4-6-8-14/h4-10,16H,3,11-13H2,1-2H3,(H,21,22)(H,23,26). The number of nitrogens with zero attached hydrogens (tertiary/aromatic N) is 2. The quantitative estimate of drug-likeness (QED) is 0.783. The van der Waals surface area contributed by atoms with E-state index in [0.717, 1.165) is 12.0 Å². The number of hydrogen-bond donors (Lipinski definition) is 2. The smallest absolute Gasteiger partial charge is 0.253 e. The minimum atomic E-state index is -0.238. The maximum absolute atomic E-state index is 12.5. The Labute approximate surface area is 158 Å². The third kappa shape index (κ3) is 4.43. The van der Waals surface area contributed by atoms with Crippen LogP contribution in [0.3, 0.4) is 0 Å². The molecular formula is C20H24N4O3. The predicted molar refractivity (Wildman–Crippen MR) is 104 cm³/mol. The molecule has 27 heavy (non-hydrogen) atoms. The van der Waals surface area contributed by atoms with Crippen molar-refractivity contribution in [3.8, 4) is 0 Å². The molecule has 7 heteroatoms. The SMILES string of the molecule is CCC(CNC(=O)c1cnc2c(c1)N(Cc1ccccc1)C(=O)CN2)OC. The second-order valence-electron chi connectivity index (χ2n) is 6.39. The van der Waals surface area contributed by atoms with Crippen molar-refractivity contribution in [1.29, 1.82) is 0 Å². The topological polar surface area (TPSA) is 83.6 Å². The maximum Gasteiger partial charge on any atom is 0.253 e. The van der Waals surface area contributed by atoms with Gasteiger partial charge in [0.1, 0.15) is 0 Å². The zero-order valence-corrected chi connectivity index (χ0v) is 15.6. The van der Waals surface area contributed by atoms with Crippen LogP contribution >= 0.6 is 0 Å². The van der Waals surface area contributed by atoms with Crippen LogP contribution in [-0.2, 0) is 16.1 Å². The van der Waals surface area contributed by atoms with E-state index in [1.807, 2.05) is 37.3 Å². The second kappa shape index (κ2) is 8.64. The summed E-state index contributed by atoms with van der Waals surface area (Å²) in [6.45, 7) is 3.04. The van der Waals surface area contributed by atoms with Crippen LogP contribution in [0.1, 0.15) is 29.3 Å². The van der Waals surface area contributed by atoms with E-state index >= 15 is 0 Å². The normalized spacial score (nSPS) is 14.3. The molecule has 2 aromatic rings. The van der Waals surface area contributed by atoms with Crippen molar-refractivity contribution in [2.45, 2.75) is 26.0 Å². The average molecular weight is 368 g/mol. The van der Waals surface area contributed by atoms with Gasteiger partial charge in [-0.25, -0.2) is 4.98 Å². The number of benzene rings is 1. The van der Waals surface area contributed by atoms with Crippen molar-refractivity contribution >= 4 is 23.3 Å². The van der Waals surface area contributed by atoms with E-state index in [1.54, 1.807) is 18.1 Å². The van der Waals surface area contributed by atoms with Gasteiger partial charge in [0.25, 0.3) is 5.91 Å². The summed E-state index contributed by atoms with van der Waals surface area (Å²) in [6, 6.07) is 11.4. The monoisotopic (exact) mass is 368 g/mol. The fraction of sp³-hybridized carbons (Fsp3) is 0.350. The predicted octanol–water partition coefficient (Wildman–Crippen LogP) is 2.20. The van der Waals surface area contributed by atoms with Crippen LogP contribution in [0.15, 0.2) is 42.6 Å². The van der Waals surface area contributed by atoms with Crippen LogP contribution in [0.2, 0.25) is 0 Å². The van der Waals surface area contributed by atoms with Gasteiger partial charge in [0.05, 0.1) is 30.4 Å². The van der Waals surface area contributed by atoms with Crippen LogP contribution < -0.4 is 15.5 Å². The lowest BCUT2D eigenvalue weighted by Gasteiger charge is -2.29. The molecule has 0 aliphatic carbocycles. The summed E-state index contributed by atoms with van der Waals surface area (Å²) >= 11 is 0. The van der Waals surface area contributed by atoms with E-state index in [0.29, 0.717) is 30.2 Å². The third-order valence-corrected chi connectivity index (χ3v) is 4.59. The van der Waals surface area contributed by atoms with Crippen molar-refractivity contribution in [2.24, 2.45) is 0 Å². The van der Waals surface area contributed by atoms with Gasteiger partial charge < -0.3 is 20.3 Å².